The summed E-state index contributed by atoms with van der Waals surface area (Å²) < 4.78 is 0. The van der Waals surface area contributed by atoms with E-state index >= 15 is 0 Å². The number of carboxylic acids is 1. The summed E-state index contributed by atoms with van der Waals surface area (Å²) in [6, 6.07) is 3.19. The highest BCUT2D eigenvalue weighted by Gasteiger charge is 2.38. The zero-order valence-corrected chi connectivity index (χ0v) is 49.6. The molecule has 3 aromatic rings. The van der Waals surface area contributed by atoms with Crippen LogP contribution in [0.1, 0.15) is 89.5 Å². The molecule has 1 fully saturated rings. The van der Waals surface area contributed by atoms with E-state index in [1.54, 1.807) is 60.7 Å². The molecule has 20 N–H and O–H groups in total. The number of guanidine groups is 1. The largest absolute Gasteiger partial charge is 0.481 e. The summed E-state index contributed by atoms with van der Waals surface area (Å²) in [6.07, 6.45) is 1.73. The minimum atomic E-state index is -1.75. The average molecular weight is 1230 g/mol. The Balaban J connectivity index is 1.59. The number of aliphatic imine (C=N–C) groups is 1. The normalized spacial score (nSPS) is 15.8. The fourth-order valence-corrected chi connectivity index (χ4v) is 9.30. The van der Waals surface area contributed by atoms with Gasteiger partial charge >= 0.3 is 5.97 Å². The van der Waals surface area contributed by atoms with Crippen molar-refractivity contribution < 1.29 is 67.7 Å². The number of amides is 11. The van der Waals surface area contributed by atoms with Crippen LogP contribution in [0, 0.1) is 5.92 Å². The Hall–Kier alpha value is -9.52. The van der Waals surface area contributed by atoms with Crippen LogP contribution in [-0.2, 0) is 76.8 Å². The topological polar surface area (TPSA) is 502 Å². The predicted molar refractivity (Wildman–Crippen MR) is 318 cm³/mol. The van der Waals surface area contributed by atoms with Crippen molar-refractivity contribution in [1.29, 1.82) is 0 Å². The lowest BCUT2D eigenvalue weighted by Crippen LogP contribution is -2.61. The third-order valence-electron chi connectivity index (χ3n) is 13.9. The SMILES string of the molecule is CC(C)C[C@H](NC(=O)CNC(=O)[C@H](Cc1ccccc1)NC(=O)[C@H](CO)NC(=O)[C@H](Cc1ccccc1)NC(=O)[C@H](CCCN=C(N)N)NC(=O)[C@H](Cc1cnc[nH]1)NC(=O)[C@H](CCC(=O)O)NC(=O)[C@H](C)NC(=O)[C@@H]1CCCN1C(=O)[C@H](C)N)C(N)=O. The van der Waals surface area contributed by atoms with Gasteiger partial charge in [0.25, 0.3) is 0 Å². The first-order valence-corrected chi connectivity index (χ1v) is 28.7. The van der Waals surface area contributed by atoms with Crippen LogP contribution in [0.4, 0.5) is 0 Å². The van der Waals surface area contributed by atoms with Gasteiger partial charge in [0.2, 0.25) is 65.0 Å². The summed E-state index contributed by atoms with van der Waals surface area (Å²) >= 11 is 0. The summed E-state index contributed by atoms with van der Waals surface area (Å²) in [5.74, 6) is -11.1. The Kier molecular flexibility index (Phi) is 28.9. The van der Waals surface area contributed by atoms with Crippen LogP contribution in [0.2, 0.25) is 0 Å². The van der Waals surface area contributed by atoms with E-state index in [-0.39, 0.29) is 63.5 Å². The molecule has 0 aliphatic carbocycles. The van der Waals surface area contributed by atoms with Crippen LogP contribution in [0.15, 0.2) is 78.2 Å². The Bertz CT molecular complexity index is 2890. The number of aromatic amines is 1. The summed E-state index contributed by atoms with van der Waals surface area (Å²) in [4.78, 5) is 174. The molecule has 1 aliphatic rings. The van der Waals surface area contributed by atoms with Gasteiger partial charge in [0, 0.05) is 50.7 Å². The molecule has 11 amide bonds. The number of carboxylic acid groups (broad SMARTS) is 1. The van der Waals surface area contributed by atoms with Crippen molar-refractivity contribution in [2.75, 3.05) is 26.2 Å². The number of benzene rings is 2. The third-order valence-corrected chi connectivity index (χ3v) is 13.9. The van der Waals surface area contributed by atoms with Gasteiger partial charge < -0.3 is 90.9 Å². The van der Waals surface area contributed by atoms with Gasteiger partial charge in [0.15, 0.2) is 5.96 Å². The van der Waals surface area contributed by atoms with Crippen molar-refractivity contribution in [3.05, 3.63) is 90.0 Å². The number of rotatable bonds is 36. The number of likely N-dealkylation sites (tertiary alicyclic amines) is 1. The van der Waals surface area contributed by atoms with E-state index in [0.717, 1.165) is 0 Å². The first-order valence-electron chi connectivity index (χ1n) is 28.7. The fourth-order valence-electron chi connectivity index (χ4n) is 9.30. The number of imidazole rings is 1. The molecular formula is C57H83N17O14. The van der Waals surface area contributed by atoms with Crippen LogP contribution in [-0.4, -0.2) is 189 Å². The molecule has 4 rings (SSSR count). The zero-order valence-electron chi connectivity index (χ0n) is 49.6. The number of primary amides is 1. The van der Waals surface area contributed by atoms with E-state index in [1.165, 1.54) is 31.3 Å². The Morgan fingerprint density at radius 3 is 1.67 bits per heavy atom. The fraction of sp³-hybridized carbons (Fsp3) is 0.509. The Morgan fingerprint density at radius 2 is 1.16 bits per heavy atom. The zero-order chi connectivity index (χ0) is 65.0. The van der Waals surface area contributed by atoms with Crippen molar-refractivity contribution in [2.45, 2.75) is 152 Å². The van der Waals surface area contributed by atoms with E-state index in [4.69, 9.17) is 22.9 Å². The van der Waals surface area contributed by atoms with Gasteiger partial charge in [-0.05, 0) is 69.4 Å². The molecule has 10 atom stereocenters. The van der Waals surface area contributed by atoms with Crippen LogP contribution in [0.5, 0.6) is 0 Å². The second-order valence-corrected chi connectivity index (χ2v) is 21.7. The number of aliphatic hydroxyl groups excluding tert-OH is 1. The van der Waals surface area contributed by atoms with Crippen molar-refractivity contribution >= 4 is 76.9 Å². The maximum atomic E-state index is 14.6. The van der Waals surface area contributed by atoms with Crippen molar-refractivity contribution in [3.8, 4) is 0 Å². The van der Waals surface area contributed by atoms with Crippen LogP contribution in [0.25, 0.3) is 0 Å². The Morgan fingerprint density at radius 1 is 0.648 bits per heavy atom. The van der Waals surface area contributed by atoms with E-state index in [1.807, 2.05) is 13.8 Å². The molecule has 1 aromatic heterocycles. The molecule has 0 saturated carbocycles. The number of H-pyrrole nitrogens is 1. The molecule has 31 nitrogen and oxygen atoms in total. The van der Waals surface area contributed by atoms with Gasteiger partial charge in [-0.25, -0.2) is 4.98 Å². The molecular weight excluding hydrogens is 1150 g/mol. The smallest absolute Gasteiger partial charge is 0.303 e. The van der Waals surface area contributed by atoms with E-state index in [2.05, 4.69) is 62.8 Å². The minimum absolute atomic E-state index is 0.0101. The van der Waals surface area contributed by atoms with Gasteiger partial charge in [-0.3, -0.25) is 62.5 Å². The first-order chi connectivity index (χ1) is 41.8. The van der Waals surface area contributed by atoms with Crippen molar-refractivity contribution in [3.63, 3.8) is 0 Å². The summed E-state index contributed by atoms with van der Waals surface area (Å²) in [5, 5.41) is 42.8. The maximum absolute atomic E-state index is 14.6. The molecule has 2 heterocycles. The highest BCUT2D eigenvalue weighted by molar-refractivity contribution is 5.99. The predicted octanol–water partition coefficient (Wildman–Crippen LogP) is -4.77. The Labute approximate surface area is 508 Å². The number of hydrogen-bond acceptors (Lipinski definition) is 16. The molecule has 1 aliphatic heterocycles. The van der Waals surface area contributed by atoms with Gasteiger partial charge in [-0.2, -0.15) is 0 Å². The first kappa shape index (κ1) is 71.0. The molecule has 1 saturated heterocycles. The second-order valence-electron chi connectivity index (χ2n) is 21.7. The van der Waals surface area contributed by atoms with Crippen molar-refractivity contribution in [2.24, 2.45) is 33.8 Å². The van der Waals surface area contributed by atoms with Crippen LogP contribution in [0.3, 0.4) is 0 Å². The molecule has 88 heavy (non-hydrogen) atoms. The van der Waals surface area contributed by atoms with Gasteiger partial charge in [-0.1, -0.05) is 74.5 Å². The van der Waals surface area contributed by atoms with E-state index in [9.17, 15) is 67.7 Å². The highest BCUT2D eigenvalue weighted by atomic mass is 16.4. The number of nitrogens with zero attached hydrogens (tertiary/aromatic N) is 3. The molecule has 2 aromatic carbocycles. The molecule has 0 bridgehead atoms. The number of aromatic nitrogens is 2. The number of hydrogen-bond donors (Lipinski definition) is 16. The number of nitrogens with one attached hydrogen (secondary N) is 10. The number of aliphatic carboxylic acids is 1. The number of carbonyl (C=O) groups excluding carboxylic acids is 11. The average Bonchev–Trinajstić information content (AvgIpc) is 4.37. The highest BCUT2D eigenvalue weighted by Crippen LogP contribution is 2.19. The number of carbonyl (C=O) groups is 12. The van der Waals surface area contributed by atoms with Gasteiger partial charge in [0.1, 0.15) is 54.4 Å². The molecule has 0 spiro atoms. The summed E-state index contributed by atoms with van der Waals surface area (Å²) in [5.41, 5.74) is 23.7. The quantitative estimate of drug-likeness (QED) is 0.0148. The van der Waals surface area contributed by atoms with Crippen LogP contribution >= 0.6 is 0 Å². The lowest BCUT2D eigenvalue weighted by molar-refractivity contribution is -0.140. The van der Waals surface area contributed by atoms with Gasteiger partial charge in [0.05, 0.1) is 25.5 Å². The lowest BCUT2D eigenvalue weighted by atomic mass is 10.0. The molecule has 0 radical (unpaired) electrons. The number of nitrogens with two attached hydrogens (primary N) is 4. The summed E-state index contributed by atoms with van der Waals surface area (Å²) in [7, 11) is 0. The molecule has 31 heteroatoms. The lowest BCUT2D eigenvalue weighted by Gasteiger charge is -2.28. The van der Waals surface area contributed by atoms with E-state index < -0.39 is 157 Å². The minimum Gasteiger partial charge on any atom is -0.481 e. The standard InChI is InChI=1S/C57H83N17O14/c1-31(2)23-39(47(59)79)67-45(76)28-64-49(81)40(24-34-13-7-5-8-14-34)70-54(86)43(29-75)73-52(84)41(25-35-15-9-6-10-16-35)71-50(82)37(17-11-21-63-57(60)61)69-53(85)42(26-36-27-62-30-65-36)72-51(83)38(19-20-46(77)78)68-48(80)33(4)66-55(87)44-18-12-22-74(44)56(88)32(3)58/h5-10,13-16,27,30-33,37-44,75H,11-12,17-26,28-29,58H2,1-4H3,(H2,59,79)(H,62,65)(H,64,81)(H,66,87)(H,67,76)(H,68,80)(H,69,85)(H,70,86)(H,71,82)(H,72,83)(H,73,84)(H,77,78)(H4,60,61,63)/t32-,33-,37-,38-,39-,40-,41-,42-,43-,44-/m0/s1. The number of aliphatic hydroxyl groups is 1. The summed E-state index contributed by atoms with van der Waals surface area (Å²) in [6.45, 7) is 5.03. The van der Waals surface area contributed by atoms with Crippen LogP contribution < -0.4 is 70.8 Å². The van der Waals surface area contributed by atoms with E-state index in [0.29, 0.717) is 29.7 Å². The molecule has 0 unspecified atom stereocenters. The van der Waals surface area contributed by atoms with Gasteiger partial charge in [-0.15, -0.1) is 0 Å². The maximum Gasteiger partial charge on any atom is 0.303 e. The van der Waals surface area contributed by atoms with Crippen molar-refractivity contribution in [1.82, 2.24) is 62.7 Å². The second kappa shape index (κ2) is 35.8. The monoisotopic (exact) mass is 1230 g/mol. The molecule has 480 valence electrons. The third kappa shape index (κ3) is 24.1.